The lowest BCUT2D eigenvalue weighted by atomic mass is 9.96. The van der Waals surface area contributed by atoms with Crippen LogP contribution in [-0.4, -0.2) is 55.9 Å². The molecule has 0 aromatic carbocycles. The molecule has 0 unspecified atom stereocenters. The van der Waals surface area contributed by atoms with E-state index in [1.165, 1.54) is 12.8 Å². The van der Waals surface area contributed by atoms with Crippen LogP contribution in [0.2, 0.25) is 0 Å². The Labute approximate surface area is 177 Å². The highest BCUT2D eigenvalue weighted by molar-refractivity contribution is 5.94. The maximum atomic E-state index is 13.3. The van der Waals surface area contributed by atoms with Crippen LogP contribution >= 0.6 is 0 Å². The number of aromatic nitrogens is 4. The van der Waals surface area contributed by atoms with Gasteiger partial charge in [-0.3, -0.25) is 19.0 Å². The highest BCUT2D eigenvalue weighted by Gasteiger charge is 2.33. The van der Waals surface area contributed by atoms with Crippen LogP contribution in [0.3, 0.4) is 0 Å². The van der Waals surface area contributed by atoms with Gasteiger partial charge >= 0.3 is 0 Å². The Morgan fingerprint density at radius 3 is 2.43 bits per heavy atom. The molecular weight excluding hydrogens is 380 g/mol. The molecule has 2 aromatic heterocycles. The second-order valence-corrected chi connectivity index (χ2v) is 9.66. The van der Waals surface area contributed by atoms with Gasteiger partial charge in [-0.15, -0.1) is 0 Å². The molecule has 0 spiro atoms. The number of rotatable bonds is 5. The average Bonchev–Trinajstić information content (AvgIpc) is 3.29. The molecule has 30 heavy (non-hydrogen) atoms. The monoisotopic (exact) mass is 412 g/mol. The molecule has 1 saturated heterocycles. The van der Waals surface area contributed by atoms with E-state index < -0.39 is 0 Å². The highest BCUT2D eigenvalue weighted by atomic mass is 16.2. The van der Waals surface area contributed by atoms with Crippen LogP contribution in [0.15, 0.2) is 18.5 Å². The van der Waals surface area contributed by atoms with Crippen LogP contribution in [0.4, 0.5) is 0 Å². The summed E-state index contributed by atoms with van der Waals surface area (Å²) in [6.07, 6.45) is 7.40. The molecule has 0 radical (unpaired) electrons. The summed E-state index contributed by atoms with van der Waals surface area (Å²) in [6.45, 7) is 8.31. The predicted molar refractivity (Wildman–Crippen MR) is 113 cm³/mol. The third-order valence-corrected chi connectivity index (χ3v) is 6.00. The van der Waals surface area contributed by atoms with E-state index in [1.54, 1.807) is 24.1 Å². The Morgan fingerprint density at radius 2 is 1.87 bits per heavy atom. The second kappa shape index (κ2) is 7.89. The van der Waals surface area contributed by atoms with Crippen LogP contribution in [0.1, 0.15) is 78.9 Å². The van der Waals surface area contributed by atoms with E-state index >= 15 is 0 Å². The number of aryl methyl sites for hydroxylation is 1. The van der Waals surface area contributed by atoms with Crippen LogP contribution in [0, 0.1) is 5.92 Å². The van der Waals surface area contributed by atoms with Gasteiger partial charge in [0.2, 0.25) is 0 Å². The second-order valence-electron chi connectivity index (χ2n) is 9.66. The van der Waals surface area contributed by atoms with Crippen molar-refractivity contribution in [1.82, 2.24) is 29.8 Å². The molecule has 0 atom stereocenters. The molecule has 2 fully saturated rings. The van der Waals surface area contributed by atoms with Crippen molar-refractivity contribution in [3.8, 4) is 0 Å². The average molecular weight is 413 g/mol. The number of carbonyl (C=O) groups excluding carboxylic acids is 2. The maximum Gasteiger partial charge on any atom is 0.272 e. The third-order valence-electron chi connectivity index (χ3n) is 6.00. The Balaban J connectivity index is 1.34. The van der Waals surface area contributed by atoms with E-state index in [9.17, 15) is 9.59 Å². The maximum absolute atomic E-state index is 13.3. The molecule has 1 N–H and O–H groups in total. The van der Waals surface area contributed by atoms with Gasteiger partial charge in [-0.05, 0) is 58.4 Å². The fraction of sp³-hybridized carbons (Fsp3) is 0.636. The number of hydrogen-bond acceptors (Lipinski definition) is 4. The standard InChI is InChI=1S/C22H32N6O2/c1-22(2,3)28-19(11-18(25-28)16-5-6-16)21(30)27-9-7-15(8-10-27)12-23-20(29)17-13-24-26(4)14-17/h11,13-16H,5-10,12H2,1-4H3,(H,23,29). The lowest BCUT2D eigenvalue weighted by molar-refractivity contribution is 0.0664. The first-order valence-electron chi connectivity index (χ1n) is 10.9. The SMILES string of the molecule is Cn1cc(C(=O)NCC2CCN(C(=O)c3cc(C4CC4)nn3C(C)(C)C)CC2)cn1. The summed E-state index contributed by atoms with van der Waals surface area (Å²) < 4.78 is 3.53. The largest absolute Gasteiger partial charge is 0.352 e. The van der Waals surface area contributed by atoms with Crippen LogP contribution < -0.4 is 5.32 Å². The molecule has 2 aromatic rings. The first-order valence-corrected chi connectivity index (χ1v) is 10.9. The Hall–Kier alpha value is -2.64. The normalized spacial score (nSPS) is 17.9. The van der Waals surface area contributed by atoms with E-state index in [2.05, 4.69) is 31.2 Å². The van der Waals surface area contributed by atoms with E-state index in [0.717, 1.165) is 18.5 Å². The zero-order valence-electron chi connectivity index (χ0n) is 18.4. The summed E-state index contributed by atoms with van der Waals surface area (Å²) >= 11 is 0. The fourth-order valence-electron chi connectivity index (χ4n) is 4.02. The zero-order valence-corrected chi connectivity index (χ0v) is 18.4. The summed E-state index contributed by atoms with van der Waals surface area (Å²) in [5, 5.41) is 11.8. The number of hydrogen-bond donors (Lipinski definition) is 1. The van der Waals surface area contributed by atoms with Gasteiger partial charge in [0.05, 0.1) is 23.0 Å². The molecule has 4 rings (SSSR count). The van der Waals surface area contributed by atoms with Crippen molar-refractivity contribution >= 4 is 11.8 Å². The minimum atomic E-state index is -0.229. The van der Waals surface area contributed by atoms with Gasteiger partial charge in [-0.1, -0.05) is 0 Å². The molecule has 8 heteroatoms. The smallest absolute Gasteiger partial charge is 0.272 e. The van der Waals surface area contributed by atoms with Crippen molar-refractivity contribution in [2.75, 3.05) is 19.6 Å². The fourth-order valence-corrected chi connectivity index (χ4v) is 4.02. The molecule has 3 heterocycles. The molecule has 2 amide bonds. The minimum absolute atomic E-state index is 0.0715. The Bertz CT molecular complexity index is 926. The molecular formula is C22H32N6O2. The first-order chi connectivity index (χ1) is 14.2. The topological polar surface area (TPSA) is 85.0 Å². The van der Waals surface area contributed by atoms with Gasteiger partial charge in [0.1, 0.15) is 5.69 Å². The summed E-state index contributed by atoms with van der Waals surface area (Å²) in [6, 6.07) is 2.01. The first kappa shape index (κ1) is 20.6. The Kier molecular flexibility index (Phi) is 5.42. The highest BCUT2D eigenvalue weighted by Crippen LogP contribution is 2.40. The van der Waals surface area contributed by atoms with Crippen LogP contribution in [0.5, 0.6) is 0 Å². The zero-order chi connectivity index (χ0) is 21.5. The van der Waals surface area contributed by atoms with Crippen molar-refractivity contribution in [2.24, 2.45) is 13.0 Å². The molecule has 1 aliphatic heterocycles. The molecule has 8 nitrogen and oxygen atoms in total. The number of amides is 2. The molecule has 162 valence electrons. The number of carbonyl (C=O) groups is 2. The minimum Gasteiger partial charge on any atom is -0.352 e. The van der Waals surface area contributed by atoms with Crippen molar-refractivity contribution in [1.29, 1.82) is 0 Å². The lowest BCUT2D eigenvalue weighted by Crippen LogP contribution is -2.43. The Morgan fingerprint density at radius 1 is 1.17 bits per heavy atom. The summed E-state index contributed by atoms with van der Waals surface area (Å²) in [4.78, 5) is 27.4. The van der Waals surface area contributed by atoms with Gasteiger partial charge in [0, 0.05) is 38.8 Å². The predicted octanol–water partition coefficient (Wildman–Crippen LogP) is 2.53. The molecule has 0 bridgehead atoms. The summed E-state index contributed by atoms with van der Waals surface area (Å²) in [5.74, 6) is 0.879. The van der Waals surface area contributed by atoms with Crippen LogP contribution in [0.25, 0.3) is 0 Å². The van der Waals surface area contributed by atoms with E-state index in [1.807, 2.05) is 15.6 Å². The lowest BCUT2D eigenvalue weighted by Gasteiger charge is -2.33. The molecule has 2 aliphatic rings. The molecule has 1 saturated carbocycles. The number of likely N-dealkylation sites (tertiary alicyclic amines) is 1. The quantitative estimate of drug-likeness (QED) is 0.818. The van der Waals surface area contributed by atoms with Crippen molar-refractivity contribution < 1.29 is 9.59 Å². The van der Waals surface area contributed by atoms with E-state index in [-0.39, 0.29) is 17.4 Å². The van der Waals surface area contributed by atoms with Crippen LogP contribution in [-0.2, 0) is 12.6 Å². The number of nitrogens with one attached hydrogen (secondary N) is 1. The van der Waals surface area contributed by atoms with Gasteiger partial charge in [-0.25, -0.2) is 0 Å². The number of nitrogens with zero attached hydrogens (tertiary/aromatic N) is 5. The van der Waals surface area contributed by atoms with Crippen molar-refractivity contribution in [3.63, 3.8) is 0 Å². The van der Waals surface area contributed by atoms with E-state index in [4.69, 9.17) is 5.10 Å². The van der Waals surface area contributed by atoms with Crippen molar-refractivity contribution in [2.45, 2.75) is 57.9 Å². The molecule has 1 aliphatic carbocycles. The van der Waals surface area contributed by atoms with Gasteiger partial charge < -0.3 is 10.2 Å². The van der Waals surface area contributed by atoms with Gasteiger partial charge in [0.15, 0.2) is 0 Å². The summed E-state index contributed by atoms with van der Waals surface area (Å²) in [7, 11) is 1.79. The summed E-state index contributed by atoms with van der Waals surface area (Å²) in [5.41, 5.74) is 2.11. The van der Waals surface area contributed by atoms with E-state index in [0.29, 0.717) is 42.7 Å². The third kappa shape index (κ3) is 4.42. The van der Waals surface area contributed by atoms with Gasteiger partial charge in [-0.2, -0.15) is 10.2 Å². The van der Waals surface area contributed by atoms with Crippen molar-refractivity contribution in [3.05, 3.63) is 35.4 Å². The van der Waals surface area contributed by atoms with Gasteiger partial charge in [0.25, 0.3) is 11.8 Å². The number of piperidine rings is 1.